The van der Waals surface area contributed by atoms with Gasteiger partial charge in [0.15, 0.2) is 5.96 Å². The molecule has 0 unspecified atom stereocenters. The minimum Gasteiger partial charge on any atom is -0.357 e. The van der Waals surface area contributed by atoms with Gasteiger partial charge in [-0.3, -0.25) is 9.79 Å². The highest BCUT2D eigenvalue weighted by molar-refractivity contribution is 14.0. The lowest BCUT2D eigenvalue weighted by molar-refractivity contribution is -0.129. The highest BCUT2D eigenvalue weighted by Crippen LogP contribution is 2.16. The molecule has 1 aromatic rings. The SMILES string of the molecule is CCNC(=NCCC(=O)N1CCCC1)N(C)Cc1ccccc1Cl.I. The molecule has 1 aromatic carbocycles. The van der Waals surface area contributed by atoms with Gasteiger partial charge in [0, 0.05) is 44.7 Å². The van der Waals surface area contributed by atoms with E-state index in [2.05, 4.69) is 10.3 Å². The van der Waals surface area contributed by atoms with E-state index in [9.17, 15) is 4.79 Å². The smallest absolute Gasteiger partial charge is 0.224 e. The summed E-state index contributed by atoms with van der Waals surface area (Å²) in [6.45, 7) is 5.79. The fourth-order valence-electron chi connectivity index (χ4n) is 2.81. The van der Waals surface area contributed by atoms with Gasteiger partial charge < -0.3 is 15.1 Å². The van der Waals surface area contributed by atoms with Crippen LogP contribution in [0.15, 0.2) is 29.3 Å². The van der Waals surface area contributed by atoms with Crippen molar-refractivity contribution in [2.45, 2.75) is 32.7 Å². The Balaban J connectivity index is 0.00000312. The summed E-state index contributed by atoms with van der Waals surface area (Å²) in [5.41, 5.74) is 1.06. The number of rotatable bonds is 6. The van der Waals surface area contributed by atoms with E-state index in [0.29, 0.717) is 19.5 Å². The van der Waals surface area contributed by atoms with Crippen LogP contribution >= 0.6 is 35.6 Å². The van der Waals surface area contributed by atoms with Gasteiger partial charge in [-0.25, -0.2) is 0 Å². The summed E-state index contributed by atoms with van der Waals surface area (Å²) in [7, 11) is 1.98. The highest BCUT2D eigenvalue weighted by Gasteiger charge is 2.17. The summed E-state index contributed by atoms with van der Waals surface area (Å²) in [5, 5.41) is 4.03. The van der Waals surface area contributed by atoms with E-state index >= 15 is 0 Å². The van der Waals surface area contributed by atoms with Crippen molar-refractivity contribution in [2.75, 3.05) is 33.2 Å². The average molecular weight is 479 g/mol. The van der Waals surface area contributed by atoms with Crippen LogP contribution in [0.3, 0.4) is 0 Å². The molecule has 0 atom stereocenters. The van der Waals surface area contributed by atoms with Gasteiger partial charge >= 0.3 is 0 Å². The molecule has 1 N–H and O–H groups in total. The lowest BCUT2D eigenvalue weighted by atomic mass is 10.2. The molecule has 1 aliphatic rings. The van der Waals surface area contributed by atoms with Gasteiger partial charge in [-0.2, -0.15) is 0 Å². The molecule has 7 heteroatoms. The number of carbonyl (C=O) groups is 1. The second-order valence-corrected chi connectivity index (χ2v) is 6.43. The van der Waals surface area contributed by atoms with E-state index in [1.54, 1.807) is 0 Å². The van der Waals surface area contributed by atoms with Gasteiger partial charge in [0.05, 0.1) is 6.54 Å². The third-order valence-electron chi connectivity index (χ3n) is 4.11. The molecular weight excluding hydrogens is 451 g/mol. The second-order valence-electron chi connectivity index (χ2n) is 6.02. The molecule has 0 aliphatic carbocycles. The van der Waals surface area contributed by atoms with Gasteiger partial charge in [0.1, 0.15) is 0 Å². The van der Waals surface area contributed by atoms with Crippen molar-refractivity contribution in [3.63, 3.8) is 0 Å². The van der Waals surface area contributed by atoms with E-state index in [1.807, 2.05) is 48.0 Å². The van der Waals surface area contributed by atoms with Crippen molar-refractivity contribution in [3.8, 4) is 0 Å². The van der Waals surface area contributed by atoms with Crippen LogP contribution in [-0.4, -0.2) is 54.9 Å². The van der Waals surface area contributed by atoms with Crippen LogP contribution < -0.4 is 5.32 Å². The molecule has 140 valence electrons. The first kappa shape index (κ1) is 22.0. The number of hydrogen-bond donors (Lipinski definition) is 1. The zero-order chi connectivity index (χ0) is 17.4. The van der Waals surface area contributed by atoms with Crippen LogP contribution in [0.25, 0.3) is 0 Å². The molecule has 1 amide bonds. The van der Waals surface area contributed by atoms with E-state index in [4.69, 9.17) is 11.6 Å². The summed E-state index contributed by atoms with van der Waals surface area (Å²) in [5.74, 6) is 1.01. The number of benzene rings is 1. The summed E-state index contributed by atoms with van der Waals surface area (Å²) in [6, 6.07) is 7.81. The maximum absolute atomic E-state index is 12.1. The third kappa shape index (κ3) is 7.01. The molecule has 0 saturated carbocycles. The molecule has 0 bridgehead atoms. The first-order chi connectivity index (χ1) is 11.6. The monoisotopic (exact) mass is 478 g/mol. The second kappa shape index (κ2) is 11.6. The van der Waals surface area contributed by atoms with Gasteiger partial charge in [-0.1, -0.05) is 29.8 Å². The van der Waals surface area contributed by atoms with Crippen LogP contribution in [-0.2, 0) is 11.3 Å². The topological polar surface area (TPSA) is 47.9 Å². The highest BCUT2D eigenvalue weighted by atomic mass is 127. The third-order valence-corrected chi connectivity index (χ3v) is 4.48. The number of nitrogens with zero attached hydrogens (tertiary/aromatic N) is 3. The molecule has 1 saturated heterocycles. The zero-order valence-corrected chi connectivity index (χ0v) is 18.1. The predicted octanol–water partition coefficient (Wildman–Crippen LogP) is 3.37. The first-order valence-electron chi connectivity index (χ1n) is 8.62. The molecular formula is C18H28ClIN4O. The summed E-state index contributed by atoms with van der Waals surface area (Å²) < 4.78 is 0. The predicted molar refractivity (Wildman–Crippen MR) is 115 cm³/mol. The van der Waals surface area contributed by atoms with Crippen LogP contribution in [0.2, 0.25) is 5.02 Å². The number of halogens is 2. The summed E-state index contributed by atoms with van der Waals surface area (Å²) >= 11 is 6.23. The molecule has 2 rings (SSSR count). The summed E-state index contributed by atoms with van der Waals surface area (Å²) in [4.78, 5) is 20.7. The molecule has 1 aliphatic heterocycles. The largest absolute Gasteiger partial charge is 0.357 e. The van der Waals surface area contributed by atoms with Gasteiger partial charge in [-0.15, -0.1) is 24.0 Å². The molecule has 25 heavy (non-hydrogen) atoms. The van der Waals surface area contributed by atoms with Crippen molar-refractivity contribution in [1.29, 1.82) is 0 Å². The number of carbonyl (C=O) groups excluding carboxylic acids is 1. The normalized spacial score (nSPS) is 14.2. The fourth-order valence-corrected chi connectivity index (χ4v) is 3.00. The van der Waals surface area contributed by atoms with Crippen LogP contribution in [0, 0.1) is 0 Å². The number of guanidine groups is 1. The van der Waals surface area contributed by atoms with E-state index in [0.717, 1.165) is 49.0 Å². The van der Waals surface area contributed by atoms with Crippen molar-refractivity contribution in [1.82, 2.24) is 15.1 Å². The number of hydrogen-bond acceptors (Lipinski definition) is 2. The Morgan fingerprint density at radius 3 is 2.64 bits per heavy atom. The van der Waals surface area contributed by atoms with E-state index in [1.165, 1.54) is 0 Å². The molecule has 5 nitrogen and oxygen atoms in total. The Kier molecular flexibility index (Phi) is 10.2. The Hall–Kier alpha value is -1.02. The summed E-state index contributed by atoms with van der Waals surface area (Å²) in [6.07, 6.45) is 2.71. The van der Waals surface area contributed by atoms with Crippen LogP contribution in [0.1, 0.15) is 31.7 Å². The minimum atomic E-state index is 0. The standard InChI is InChI=1S/C18H27ClN4O.HI/c1-3-20-18(21-11-10-17(24)23-12-6-7-13-23)22(2)14-15-8-4-5-9-16(15)19;/h4-5,8-9H,3,6-7,10-14H2,1-2H3,(H,20,21);1H. The molecule has 0 spiro atoms. The Morgan fingerprint density at radius 2 is 2.00 bits per heavy atom. The maximum Gasteiger partial charge on any atom is 0.224 e. The quantitative estimate of drug-likeness (QED) is 0.387. The Morgan fingerprint density at radius 1 is 1.32 bits per heavy atom. The number of likely N-dealkylation sites (tertiary alicyclic amines) is 1. The van der Waals surface area contributed by atoms with Crippen molar-refractivity contribution < 1.29 is 4.79 Å². The van der Waals surface area contributed by atoms with Crippen molar-refractivity contribution in [2.24, 2.45) is 4.99 Å². The van der Waals surface area contributed by atoms with Gasteiger partial charge in [-0.05, 0) is 31.4 Å². The molecule has 1 fully saturated rings. The number of aliphatic imine (C=N–C) groups is 1. The van der Waals surface area contributed by atoms with Crippen LogP contribution in [0.4, 0.5) is 0 Å². The van der Waals surface area contributed by atoms with Crippen molar-refractivity contribution in [3.05, 3.63) is 34.9 Å². The number of nitrogens with one attached hydrogen (secondary N) is 1. The lowest BCUT2D eigenvalue weighted by Crippen LogP contribution is -2.38. The van der Waals surface area contributed by atoms with Gasteiger partial charge in [0.2, 0.25) is 5.91 Å². The molecule has 0 aromatic heterocycles. The minimum absolute atomic E-state index is 0. The Bertz CT molecular complexity index is 576. The van der Waals surface area contributed by atoms with Gasteiger partial charge in [0.25, 0.3) is 0 Å². The molecule has 1 heterocycles. The Labute approximate surface area is 172 Å². The fraction of sp³-hybridized carbons (Fsp3) is 0.556. The zero-order valence-electron chi connectivity index (χ0n) is 15.0. The van der Waals surface area contributed by atoms with Crippen LogP contribution in [0.5, 0.6) is 0 Å². The molecule has 0 radical (unpaired) electrons. The first-order valence-corrected chi connectivity index (χ1v) is 9.00. The maximum atomic E-state index is 12.1. The van der Waals surface area contributed by atoms with E-state index in [-0.39, 0.29) is 29.9 Å². The van der Waals surface area contributed by atoms with E-state index < -0.39 is 0 Å². The number of amides is 1. The van der Waals surface area contributed by atoms with Crippen molar-refractivity contribution >= 4 is 47.4 Å². The average Bonchev–Trinajstić information content (AvgIpc) is 3.10. The lowest BCUT2D eigenvalue weighted by Gasteiger charge is -2.23.